The largest absolute Gasteiger partial charge is 0.494 e. The first kappa shape index (κ1) is 10.8. The van der Waals surface area contributed by atoms with Crippen molar-refractivity contribution in [3.63, 3.8) is 0 Å². The first-order chi connectivity index (χ1) is 7.92. The Morgan fingerprint density at radius 3 is 2.82 bits per heavy atom. The van der Waals surface area contributed by atoms with Gasteiger partial charge in [-0.1, -0.05) is 6.92 Å². The number of likely N-dealkylation sites (N-methyl/N-ethyl adjacent to an activating group) is 1. The van der Waals surface area contributed by atoms with Crippen molar-refractivity contribution in [3.8, 4) is 17.5 Å². The van der Waals surface area contributed by atoms with E-state index in [-0.39, 0.29) is 23.4 Å². The highest BCUT2D eigenvalue weighted by Gasteiger charge is 2.53. The third-order valence-corrected chi connectivity index (χ3v) is 3.93. The van der Waals surface area contributed by atoms with Crippen molar-refractivity contribution in [1.29, 1.82) is 0 Å². The van der Waals surface area contributed by atoms with Crippen LogP contribution in [-0.2, 0) is 0 Å². The molecule has 1 aromatic rings. The first-order valence-electron chi connectivity index (χ1n) is 5.95. The smallest absolute Gasteiger partial charge is 0.235 e. The van der Waals surface area contributed by atoms with Crippen molar-refractivity contribution in [2.45, 2.75) is 31.9 Å². The summed E-state index contributed by atoms with van der Waals surface area (Å²) < 4.78 is 5.91. The second-order valence-corrected chi connectivity index (χ2v) is 5.63. The number of aromatic nitrogens is 1. The maximum atomic E-state index is 9.87. The average Bonchev–Trinajstić information content (AvgIpc) is 2.62. The Morgan fingerprint density at radius 1 is 1.41 bits per heavy atom. The number of H-pyrrole nitrogens is 1. The molecule has 2 unspecified atom stereocenters. The Balaban J connectivity index is 2.11. The van der Waals surface area contributed by atoms with Crippen molar-refractivity contribution < 1.29 is 14.9 Å². The van der Waals surface area contributed by atoms with Crippen LogP contribution < -0.4 is 4.74 Å². The van der Waals surface area contributed by atoms with E-state index >= 15 is 0 Å². The number of fused-ring (bicyclic) bond motifs is 3. The summed E-state index contributed by atoms with van der Waals surface area (Å²) in [6.45, 7) is 5.20. The number of nitrogens with zero attached hydrogens (tertiary/aromatic N) is 1. The van der Waals surface area contributed by atoms with Crippen LogP contribution in [0.25, 0.3) is 0 Å². The van der Waals surface area contributed by atoms with Gasteiger partial charge in [0.15, 0.2) is 11.6 Å². The molecule has 0 aliphatic carbocycles. The van der Waals surface area contributed by atoms with Gasteiger partial charge in [0, 0.05) is 6.54 Å². The van der Waals surface area contributed by atoms with Crippen molar-refractivity contribution >= 4 is 0 Å². The minimum absolute atomic E-state index is 0.00542. The second-order valence-electron chi connectivity index (χ2n) is 5.63. The van der Waals surface area contributed by atoms with Gasteiger partial charge in [0.2, 0.25) is 5.88 Å². The SMILES string of the molecule is CC1CN(C)[C@@H]2c3c(O)[nH]c(O)c3OC2(C)C1. The molecule has 5 heteroatoms. The van der Waals surface area contributed by atoms with Crippen LogP contribution >= 0.6 is 0 Å². The van der Waals surface area contributed by atoms with E-state index < -0.39 is 0 Å². The Labute approximate surface area is 100 Å². The lowest BCUT2D eigenvalue weighted by molar-refractivity contribution is -0.0365. The Bertz CT molecular complexity index is 471. The zero-order chi connectivity index (χ0) is 12.4. The highest BCUT2D eigenvalue weighted by Crippen LogP contribution is 2.57. The molecule has 0 radical (unpaired) electrons. The standard InChI is InChI=1S/C12H18N2O3/c1-6-4-12(2)9(14(3)5-6)7-8(17-12)11(16)13-10(7)15/h6,9,13,15-16H,4-5H2,1-3H3/t6?,9-,12?/m1/s1. The molecule has 2 aliphatic heterocycles. The molecule has 3 atom stereocenters. The van der Waals surface area contributed by atoms with E-state index in [4.69, 9.17) is 4.74 Å². The third kappa shape index (κ3) is 1.29. The molecular weight excluding hydrogens is 220 g/mol. The van der Waals surface area contributed by atoms with Crippen LogP contribution in [0.5, 0.6) is 17.5 Å². The number of hydrogen-bond acceptors (Lipinski definition) is 4. The molecule has 94 valence electrons. The van der Waals surface area contributed by atoms with E-state index in [0.29, 0.717) is 17.2 Å². The molecule has 0 amide bonds. The molecule has 1 aromatic heterocycles. The van der Waals surface area contributed by atoms with E-state index in [1.54, 1.807) is 0 Å². The van der Waals surface area contributed by atoms with Gasteiger partial charge in [0.25, 0.3) is 0 Å². The number of aromatic hydroxyl groups is 2. The van der Waals surface area contributed by atoms with Crippen molar-refractivity contribution in [3.05, 3.63) is 5.56 Å². The molecule has 1 saturated heterocycles. The number of hydrogen-bond donors (Lipinski definition) is 3. The summed E-state index contributed by atoms with van der Waals surface area (Å²) in [6.07, 6.45) is 0.926. The fourth-order valence-corrected chi connectivity index (χ4v) is 3.62. The zero-order valence-electron chi connectivity index (χ0n) is 10.3. The van der Waals surface area contributed by atoms with E-state index in [1.807, 2.05) is 14.0 Å². The normalized spacial score (nSPS) is 36.4. The highest BCUT2D eigenvalue weighted by molar-refractivity contribution is 5.55. The topological polar surface area (TPSA) is 68.7 Å². The fourth-order valence-electron chi connectivity index (χ4n) is 3.62. The zero-order valence-corrected chi connectivity index (χ0v) is 10.3. The number of likely N-dealkylation sites (tertiary alicyclic amines) is 1. The summed E-state index contributed by atoms with van der Waals surface area (Å²) in [4.78, 5) is 4.71. The lowest BCUT2D eigenvalue weighted by atomic mass is 9.80. The predicted molar refractivity (Wildman–Crippen MR) is 62.3 cm³/mol. The molecule has 0 aromatic carbocycles. The molecule has 0 saturated carbocycles. The summed E-state index contributed by atoms with van der Waals surface area (Å²) >= 11 is 0. The minimum atomic E-state index is -0.360. The second kappa shape index (κ2) is 3.10. The van der Waals surface area contributed by atoms with Crippen LogP contribution in [0.1, 0.15) is 31.9 Å². The molecule has 3 heterocycles. The van der Waals surface area contributed by atoms with Gasteiger partial charge in [-0.25, -0.2) is 0 Å². The molecule has 0 bridgehead atoms. The van der Waals surface area contributed by atoms with Crippen LogP contribution in [-0.4, -0.2) is 39.3 Å². The summed E-state index contributed by atoms with van der Waals surface area (Å²) in [5.41, 5.74) is 0.334. The van der Waals surface area contributed by atoms with Crippen LogP contribution in [0.15, 0.2) is 0 Å². The van der Waals surface area contributed by atoms with Crippen molar-refractivity contribution in [2.75, 3.05) is 13.6 Å². The average molecular weight is 238 g/mol. The number of piperidine rings is 1. The molecule has 5 nitrogen and oxygen atoms in total. The summed E-state index contributed by atoms with van der Waals surface area (Å²) in [6, 6.07) is 0.00542. The highest BCUT2D eigenvalue weighted by atomic mass is 16.5. The Morgan fingerprint density at radius 2 is 2.12 bits per heavy atom. The summed E-state index contributed by atoms with van der Waals surface area (Å²) in [5.74, 6) is 0.899. The van der Waals surface area contributed by atoms with Gasteiger partial charge in [0.05, 0.1) is 11.6 Å². The van der Waals surface area contributed by atoms with Crippen molar-refractivity contribution in [1.82, 2.24) is 9.88 Å². The summed E-state index contributed by atoms with van der Waals surface area (Å²) in [7, 11) is 2.03. The van der Waals surface area contributed by atoms with Gasteiger partial charge >= 0.3 is 0 Å². The molecule has 0 spiro atoms. The van der Waals surface area contributed by atoms with Gasteiger partial charge in [0.1, 0.15) is 5.60 Å². The van der Waals surface area contributed by atoms with E-state index in [1.165, 1.54) is 0 Å². The minimum Gasteiger partial charge on any atom is -0.494 e. The lowest BCUT2D eigenvalue weighted by Crippen LogP contribution is -2.50. The van der Waals surface area contributed by atoms with Gasteiger partial charge in [-0.2, -0.15) is 0 Å². The number of rotatable bonds is 0. The quantitative estimate of drug-likeness (QED) is 0.642. The van der Waals surface area contributed by atoms with E-state index in [9.17, 15) is 10.2 Å². The summed E-state index contributed by atoms with van der Waals surface area (Å²) in [5, 5.41) is 19.6. The van der Waals surface area contributed by atoms with Crippen LogP contribution in [0.3, 0.4) is 0 Å². The predicted octanol–water partition coefficient (Wildman–Crippen LogP) is 1.59. The van der Waals surface area contributed by atoms with Gasteiger partial charge in [-0.3, -0.25) is 9.88 Å². The van der Waals surface area contributed by atoms with Gasteiger partial charge in [-0.05, 0) is 26.3 Å². The molecular formula is C12H18N2O3. The maximum Gasteiger partial charge on any atom is 0.235 e. The van der Waals surface area contributed by atoms with Crippen LogP contribution in [0.4, 0.5) is 0 Å². The van der Waals surface area contributed by atoms with E-state index in [2.05, 4.69) is 16.8 Å². The number of ether oxygens (including phenoxy) is 1. The van der Waals surface area contributed by atoms with E-state index in [0.717, 1.165) is 13.0 Å². The maximum absolute atomic E-state index is 9.87. The van der Waals surface area contributed by atoms with Gasteiger partial charge in [-0.15, -0.1) is 0 Å². The Kier molecular flexibility index (Phi) is 1.96. The monoisotopic (exact) mass is 238 g/mol. The molecule has 1 fully saturated rings. The molecule has 3 N–H and O–H groups in total. The van der Waals surface area contributed by atoms with Gasteiger partial charge < -0.3 is 14.9 Å². The fraction of sp³-hybridized carbons (Fsp3) is 0.667. The molecule has 17 heavy (non-hydrogen) atoms. The number of aromatic amines is 1. The first-order valence-corrected chi connectivity index (χ1v) is 5.95. The van der Waals surface area contributed by atoms with Crippen LogP contribution in [0.2, 0.25) is 0 Å². The third-order valence-electron chi connectivity index (χ3n) is 3.93. The molecule has 3 rings (SSSR count). The van der Waals surface area contributed by atoms with Crippen molar-refractivity contribution in [2.24, 2.45) is 5.92 Å². The molecule has 2 aliphatic rings. The Hall–Kier alpha value is -1.36. The number of nitrogens with one attached hydrogen (secondary N) is 1. The van der Waals surface area contributed by atoms with Crippen LogP contribution in [0, 0.1) is 5.92 Å². The lowest BCUT2D eigenvalue weighted by Gasteiger charge is -2.44.